The molecule has 1 fully saturated rings. The number of aryl methyl sites for hydroxylation is 1. The number of aliphatic hydroxyl groups is 1. The smallest absolute Gasteiger partial charge is 0.123 e. The van der Waals surface area contributed by atoms with Crippen LogP contribution in [0, 0.1) is 18.7 Å². The average Bonchev–Trinajstić information content (AvgIpc) is 2.98. The fraction of sp³-hybridized carbons (Fsp3) is 0.381. The minimum atomic E-state index is -0.490. The molecule has 4 rings (SSSR count). The number of rotatable bonds is 4. The molecular formula is C21H24FN3O. The van der Waals surface area contributed by atoms with E-state index in [1.807, 2.05) is 25.1 Å². The van der Waals surface area contributed by atoms with Gasteiger partial charge in [-0.1, -0.05) is 6.07 Å². The van der Waals surface area contributed by atoms with E-state index in [9.17, 15) is 9.50 Å². The molecule has 1 unspecified atom stereocenters. The molecule has 1 atom stereocenters. The van der Waals surface area contributed by atoms with Gasteiger partial charge in [0.1, 0.15) is 5.82 Å². The van der Waals surface area contributed by atoms with Crippen molar-refractivity contribution in [2.24, 2.45) is 5.92 Å². The quantitative estimate of drug-likeness (QED) is 0.747. The SMILES string of the molecule is Cc1c(CN2CCC(C(O)c3ccccn3)CC2)[nH]c2ccc(F)cc12. The molecule has 4 nitrogen and oxygen atoms in total. The summed E-state index contributed by atoms with van der Waals surface area (Å²) in [7, 11) is 0. The third-order valence-electron chi connectivity index (χ3n) is 5.58. The van der Waals surface area contributed by atoms with E-state index in [2.05, 4.69) is 14.9 Å². The van der Waals surface area contributed by atoms with Gasteiger partial charge in [-0.3, -0.25) is 9.88 Å². The largest absolute Gasteiger partial charge is 0.387 e. The van der Waals surface area contributed by atoms with Gasteiger partial charge < -0.3 is 10.1 Å². The number of nitrogens with one attached hydrogen (secondary N) is 1. The molecule has 1 aromatic carbocycles. The zero-order valence-corrected chi connectivity index (χ0v) is 15.0. The summed E-state index contributed by atoms with van der Waals surface area (Å²) >= 11 is 0. The minimum Gasteiger partial charge on any atom is -0.387 e. The Kier molecular flexibility index (Phi) is 4.74. The number of aliphatic hydroxyl groups excluding tert-OH is 1. The molecule has 1 saturated heterocycles. The lowest BCUT2D eigenvalue weighted by atomic mass is 9.89. The highest BCUT2D eigenvalue weighted by atomic mass is 19.1. The standard InChI is InChI=1S/C21H24FN3O/c1-14-17-12-16(22)5-6-18(17)24-20(14)13-25-10-7-15(8-11-25)21(26)19-4-2-3-9-23-19/h2-6,9,12,15,21,24,26H,7-8,10-11,13H2,1H3. The van der Waals surface area contributed by atoms with Crippen LogP contribution in [0.1, 0.15) is 35.9 Å². The lowest BCUT2D eigenvalue weighted by molar-refractivity contribution is 0.0537. The second kappa shape index (κ2) is 7.17. The highest BCUT2D eigenvalue weighted by Crippen LogP contribution is 2.31. The molecule has 0 aliphatic carbocycles. The van der Waals surface area contributed by atoms with Crippen molar-refractivity contribution in [1.29, 1.82) is 0 Å². The number of pyridine rings is 1. The zero-order valence-electron chi connectivity index (χ0n) is 15.0. The predicted octanol–water partition coefficient (Wildman–Crippen LogP) is 3.96. The van der Waals surface area contributed by atoms with Gasteiger partial charge in [0, 0.05) is 29.3 Å². The van der Waals surface area contributed by atoms with E-state index in [0.29, 0.717) is 0 Å². The highest BCUT2D eigenvalue weighted by molar-refractivity contribution is 5.84. The van der Waals surface area contributed by atoms with E-state index >= 15 is 0 Å². The van der Waals surface area contributed by atoms with Crippen LogP contribution in [0.2, 0.25) is 0 Å². The van der Waals surface area contributed by atoms with Crippen molar-refractivity contribution < 1.29 is 9.50 Å². The molecule has 0 saturated carbocycles. The Labute approximate surface area is 152 Å². The van der Waals surface area contributed by atoms with E-state index in [0.717, 1.165) is 60.3 Å². The fourth-order valence-electron chi connectivity index (χ4n) is 3.96. The molecule has 3 aromatic rings. The van der Waals surface area contributed by atoms with Gasteiger partial charge in [0.2, 0.25) is 0 Å². The summed E-state index contributed by atoms with van der Waals surface area (Å²) in [5, 5.41) is 11.5. The Morgan fingerprint density at radius 3 is 2.81 bits per heavy atom. The van der Waals surface area contributed by atoms with Crippen molar-refractivity contribution in [2.75, 3.05) is 13.1 Å². The van der Waals surface area contributed by atoms with E-state index < -0.39 is 6.10 Å². The Balaban J connectivity index is 1.40. The number of aromatic nitrogens is 2. The van der Waals surface area contributed by atoms with E-state index in [-0.39, 0.29) is 11.7 Å². The number of aromatic amines is 1. The fourth-order valence-corrected chi connectivity index (χ4v) is 3.96. The molecule has 0 amide bonds. The van der Waals surface area contributed by atoms with Crippen LogP contribution in [0.15, 0.2) is 42.6 Å². The van der Waals surface area contributed by atoms with Crippen molar-refractivity contribution in [1.82, 2.24) is 14.9 Å². The van der Waals surface area contributed by atoms with Crippen LogP contribution in [0.25, 0.3) is 10.9 Å². The van der Waals surface area contributed by atoms with Crippen LogP contribution in [-0.2, 0) is 6.54 Å². The zero-order chi connectivity index (χ0) is 18.1. The number of H-pyrrole nitrogens is 1. The van der Waals surface area contributed by atoms with Gasteiger partial charge >= 0.3 is 0 Å². The van der Waals surface area contributed by atoms with Crippen LogP contribution in [0.5, 0.6) is 0 Å². The topological polar surface area (TPSA) is 52.1 Å². The second-order valence-corrected chi connectivity index (χ2v) is 7.23. The number of benzene rings is 1. The number of fused-ring (bicyclic) bond motifs is 1. The Bertz CT molecular complexity index is 885. The number of nitrogens with zero attached hydrogens (tertiary/aromatic N) is 2. The summed E-state index contributed by atoms with van der Waals surface area (Å²) in [5.74, 6) is 0.0505. The van der Waals surface area contributed by atoms with Gasteiger partial charge in [-0.15, -0.1) is 0 Å². The van der Waals surface area contributed by atoms with Crippen molar-refractivity contribution in [3.05, 3.63) is 65.4 Å². The van der Waals surface area contributed by atoms with E-state index in [4.69, 9.17) is 0 Å². The van der Waals surface area contributed by atoms with Gasteiger partial charge in [0.05, 0.1) is 11.8 Å². The first kappa shape index (κ1) is 17.2. The molecule has 26 heavy (non-hydrogen) atoms. The third kappa shape index (κ3) is 3.37. The van der Waals surface area contributed by atoms with Crippen LogP contribution in [0.4, 0.5) is 4.39 Å². The molecule has 2 N–H and O–H groups in total. The van der Waals surface area contributed by atoms with Crippen LogP contribution < -0.4 is 0 Å². The molecule has 0 bridgehead atoms. The summed E-state index contributed by atoms with van der Waals surface area (Å²) < 4.78 is 13.5. The Morgan fingerprint density at radius 1 is 1.27 bits per heavy atom. The molecule has 0 spiro atoms. The number of hydrogen-bond acceptors (Lipinski definition) is 3. The van der Waals surface area contributed by atoms with E-state index in [1.165, 1.54) is 6.07 Å². The summed E-state index contributed by atoms with van der Waals surface area (Å²) in [4.78, 5) is 10.1. The van der Waals surface area contributed by atoms with Crippen LogP contribution in [-0.4, -0.2) is 33.1 Å². The molecule has 5 heteroatoms. The van der Waals surface area contributed by atoms with Gasteiger partial charge in [0.15, 0.2) is 0 Å². The van der Waals surface area contributed by atoms with Crippen LogP contribution >= 0.6 is 0 Å². The molecule has 3 heterocycles. The predicted molar refractivity (Wildman–Crippen MR) is 100 cm³/mol. The maximum Gasteiger partial charge on any atom is 0.123 e. The van der Waals surface area contributed by atoms with Gasteiger partial charge in [-0.25, -0.2) is 4.39 Å². The third-order valence-corrected chi connectivity index (χ3v) is 5.58. The molecular weight excluding hydrogens is 329 g/mol. The van der Waals surface area contributed by atoms with Crippen LogP contribution in [0.3, 0.4) is 0 Å². The first-order valence-electron chi connectivity index (χ1n) is 9.20. The van der Waals surface area contributed by atoms with Crippen molar-refractivity contribution in [3.8, 4) is 0 Å². The van der Waals surface area contributed by atoms with Gasteiger partial charge in [-0.05, 0) is 74.7 Å². The first-order chi connectivity index (χ1) is 12.6. The number of likely N-dealkylation sites (tertiary alicyclic amines) is 1. The maximum atomic E-state index is 13.5. The monoisotopic (exact) mass is 353 g/mol. The molecule has 0 radical (unpaired) electrons. The summed E-state index contributed by atoms with van der Waals surface area (Å²) in [5.41, 5.74) is 4.02. The molecule has 136 valence electrons. The lowest BCUT2D eigenvalue weighted by Crippen LogP contribution is -2.35. The second-order valence-electron chi connectivity index (χ2n) is 7.23. The maximum absolute atomic E-state index is 13.5. The molecule has 1 aliphatic rings. The van der Waals surface area contributed by atoms with Gasteiger partial charge in [0.25, 0.3) is 0 Å². The summed E-state index contributed by atoms with van der Waals surface area (Å²) in [6.45, 7) is 4.76. The van der Waals surface area contributed by atoms with E-state index in [1.54, 1.807) is 18.3 Å². The molecule has 1 aliphatic heterocycles. The number of halogens is 1. The Morgan fingerprint density at radius 2 is 2.08 bits per heavy atom. The first-order valence-corrected chi connectivity index (χ1v) is 9.20. The van der Waals surface area contributed by atoms with Crippen molar-refractivity contribution >= 4 is 10.9 Å². The normalized spacial score (nSPS) is 17.7. The average molecular weight is 353 g/mol. The van der Waals surface area contributed by atoms with Crippen molar-refractivity contribution in [2.45, 2.75) is 32.4 Å². The lowest BCUT2D eigenvalue weighted by Gasteiger charge is -2.34. The van der Waals surface area contributed by atoms with Gasteiger partial charge in [-0.2, -0.15) is 0 Å². The summed E-state index contributed by atoms with van der Waals surface area (Å²) in [6.07, 6.45) is 3.14. The number of hydrogen-bond donors (Lipinski definition) is 2. The molecule has 2 aromatic heterocycles. The summed E-state index contributed by atoms with van der Waals surface area (Å²) in [6, 6.07) is 10.6. The highest BCUT2D eigenvalue weighted by Gasteiger charge is 2.27. The number of piperidine rings is 1. The minimum absolute atomic E-state index is 0.199. The Hall–Kier alpha value is -2.24. The van der Waals surface area contributed by atoms with Crippen molar-refractivity contribution in [3.63, 3.8) is 0 Å².